The molecule has 0 aliphatic heterocycles. The molecular formula is C16H22ClNO4. The zero-order valence-corrected chi connectivity index (χ0v) is 13.9. The molecule has 0 aliphatic carbocycles. The smallest absolute Gasteiger partial charge is 0.410 e. The number of carboxylic acids is 1. The third kappa shape index (κ3) is 7.31. The van der Waals surface area contributed by atoms with Crippen LogP contribution in [0.25, 0.3) is 0 Å². The maximum Gasteiger partial charge on any atom is 0.410 e. The molecule has 0 atom stereocenters. The fourth-order valence-corrected chi connectivity index (χ4v) is 2.05. The van der Waals surface area contributed by atoms with Crippen LogP contribution in [0.4, 0.5) is 4.79 Å². The minimum Gasteiger partial charge on any atom is -0.481 e. The molecule has 122 valence electrons. The SMILES string of the molecule is CC(C)(C)OC(=O)N(CCCC(=O)O)Cc1cccc(Cl)c1. The van der Waals surface area contributed by atoms with E-state index in [1.54, 1.807) is 32.9 Å². The highest BCUT2D eigenvalue weighted by molar-refractivity contribution is 6.30. The second-order valence-corrected chi connectivity index (χ2v) is 6.47. The Morgan fingerprint density at radius 1 is 1.32 bits per heavy atom. The number of hydrogen-bond donors (Lipinski definition) is 1. The van der Waals surface area contributed by atoms with Gasteiger partial charge < -0.3 is 14.7 Å². The van der Waals surface area contributed by atoms with Crippen LogP contribution in [0.1, 0.15) is 39.2 Å². The lowest BCUT2D eigenvalue weighted by Crippen LogP contribution is -2.37. The van der Waals surface area contributed by atoms with Crippen LogP contribution in [0, 0.1) is 0 Å². The van der Waals surface area contributed by atoms with Gasteiger partial charge in [-0.1, -0.05) is 23.7 Å². The predicted octanol–water partition coefficient (Wildman–Crippen LogP) is 3.94. The molecule has 22 heavy (non-hydrogen) atoms. The van der Waals surface area contributed by atoms with E-state index in [0.29, 0.717) is 24.5 Å². The predicted molar refractivity (Wildman–Crippen MR) is 85.0 cm³/mol. The van der Waals surface area contributed by atoms with Gasteiger partial charge in [-0.05, 0) is 44.9 Å². The van der Waals surface area contributed by atoms with Crippen LogP contribution in [0.3, 0.4) is 0 Å². The van der Waals surface area contributed by atoms with Crippen molar-refractivity contribution in [2.24, 2.45) is 0 Å². The van der Waals surface area contributed by atoms with Gasteiger partial charge in [0.25, 0.3) is 0 Å². The molecule has 1 rings (SSSR count). The van der Waals surface area contributed by atoms with Crippen LogP contribution < -0.4 is 0 Å². The molecule has 0 aliphatic rings. The first-order chi connectivity index (χ1) is 10.2. The minimum atomic E-state index is -0.883. The van der Waals surface area contributed by atoms with E-state index in [1.807, 2.05) is 12.1 Å². The lowest BCUT2D eigenvalue weighted by molar-refractivity contribution is -0.137. The summed E-state index contributed by atoms with van der Waals surface area (Å²) in [7, 11) is 0. The Labute approximate surface area is 135 Å². The van der Waals surface area contributed by atoms with Gasteiger partial charge in [-0.2, -0.15) is 0 Å². The Balaban J connectivity index is 2.76. The summed E-state index contributed by atoms with van der Waals surface area (Å²) < 4.78 is 5.37. The molecule has 0 radical (unpaired) electrons. The summed E-state index contributed by atoms with van der Waals surface area (Å²) in [5.74, 6) is -0.883. The summed E-state index contributed by atoms with van der Waals surface area (Å²) in [4.78, 5) is 24.4. The molecule has 0 heterocycles. The molecule has 1 amide bonds. The number of carboxylic acid groups (broad SMARTS) is 1. The van der Waals surface area contributed by atoms with Gasteiger partial charge in [0.15, 0.2) is 0 Å². The van der Waals surface area contributed by atoms with Gasteiger partial charge in [0.05, 0.1) is 0 Å². The number of halogens is 1. The highest BCUT2D eigenvalue weighted by Crippen LogP contribution is 2.16. The van der Waals surface area contributed by atoms with Gasteiger partial charge in [-0.25, -0.2) is 4.79 Å². The third-order valence-electron chi connectivity index (χ3n) is 2.73. The van der Waals surface area contributed by atoms with Gasteiger partial charge >= 0.3 is 12.1 Å². The van der Waals surface area contributed by atoms with E-state index in [4.69, 9.17) is 21.4 Å². The minimum absolute atomic E-state index is 0.00877. The van der Waals surface area contributed by atoms with Crippen molar-refractivity contribution in [3.8, 4) is 0 Å². The Morgan fingerprint density at radius 2 is 2.00 bits per heavy atom. The Bertz CT molecular complexity index is 525. The summed E-state index contributed by atoms with van der Waals surface area (Å²) in [6.07, 6.45) is -0.0814. The molecule has 1 aromatic carbocycles. The van der Waals surface area contributed by atoms with Crippen molar-refractivity contribution in [2.75, 3.05) is 6.54 Å². The molecule has 0 fully saturated rings. The van der Waals surface area contributed by atoms with Crippen LogP contribution in [0.5, 0.6) is 0 Å². The average molecular weight is 328 g/mol. The summed E-state index contributed by atoms with van der Waals surface area (Å²) in [5, 5.41) is 9.32. The summed E-state index contributed by atoms with van der Waals surface area (Å²) >= 11 is 5.95. The number of hydrogen-bond acceptors (Lipinski definition) is 3. The van der Waals surface area contributed by atoms with E-state index in [-0.39, 0.29) is 6.42 Å². The molecule has 1 aromatic rings. The van der Waals surface area contributed by atoms with Gasteiger partial charge in [0.2, 0.25) is 0 Å². The molecule has 0 saturated heterocycles. The second kappa shape index (κ2) is 8.03. The largest absolute Gasteiger partial charge is 0.481 e. The summed E-state index contributed by atoms with van der Waals surface area (Å²) in [6.45, 7) is 6.02. The first-order valence-electron chi connectivity index (χ1n) is 7.11. The molecule has 1 N–H and O–H groups in total. The molecule has 0 saturated carbocycles. The Kier molecular flexibility index (Phi) is 6.68. The first kappa shape index (κ1) is 18.3. The van der Waals surface area contributed by atoms with E-state index in [1.165, 1.54) is 4.90 Å². The number of nitrogens with zero attached hydrogens (tertiary/aromatic N) is 1. The maximum atomic E-state index is 12.2. The van der Waals surface area contributed by atoms with Crippen molar-refractivity contribution in [2.45, 2.75) is 45.8 Å². The monoisotopic (exact) mass is 327 g/mol. The van der Waals surface area contributed by atoms with Crippen LogP contribution in [-0.2, 0) is 16.1 Å². The Hall–Kier alpha value is -1.75. The van der Waals surface area contributed by atoms with Gasteiger partial charge in [-0.15, -0.1) is 0 Å². The van der Waals surface area contributed by atoms with Crippen molar-refractivity contribution in [3.05, 3.63) is 34.9 Å². The summed E-state index contributed by atoms with van der Waals surface area (Å²) in [5.41, 5.74) is 0.268. The number of carbonyl (C=O) groups excluding carboxylic acids is 1. The molecule has 5 nitrogen and oxygen atoms in total. The topological polar surface area (TPSA) is 66.8 Å². The molecule has 0 aromatic heterocycles. The van der Waals surface area contributed by atoms with E-state index in [2.05, 4.69) is 0 Å². The fourth-order valence-electron chi connectivity index (χ4n) is 1.84. The van der Waals surface area contributed by atoms with Gasteiger partial charge in [0, 0.05) is 24.5 Å². The molecule has 6 heteroatoms. The normalized spacial score (nSPS) is 11.1. The van der Waals surface area contributed by atoms with Gasteiger partial charge in [0.1, 0.15) is 5.60 Å². The maximum absolute atomic E-state index is 12.2. The second-order valence-electron chi connectivity index (χ2n) is 6.03. The number of benzene rings is 1. The van der Waals surface area contributed by atoms with Crippen LogP contribution in [-0.4, -0.2) is 34.2 Å². The van der Waals surface area contributed by atoms with E-state index in [9.17, 15) is 9.59 Å². The lowest BCUT2D eigenvalue weighted by Gasteiger charge is -2.27. The highest BCUT2D eigenvalue weighted by atomic mass is 35.5. The third-order valence-corrected chi connectivity index (χ3v) is 2.97. The standard InChI is InChI=1S/C16H22ClNO4/c1-16(2,3)22-15(21)18(9-5-8-14(19)20)11-12-6-4-7-13(17)10-12/h4,6-7,10H,5,8-9,11H2,1-3H3,(H,19,20). The molecule has 0 bridgehead atoms. The van der Waals surface area contributed by atoms with Crippen LogP contribution in [0.2, 0.25) is 5.02 Å². The van der Waals surface area contributed by atoms with Crippen molar-refractivity contribution >= 4 is 23.7 Å². The number of ether oxygens (including phenoxy) is 1. The lowest BCUT2D eigenvalue weighted by atomic mass is 10.2. The van der Waals surface area contributed by atoms with E-state index in [0.717, 1.165) is 5.56 Å². The zero-order chi connectivity index (χ0) is 16.8. The number of amides is 1. The first-order valence-corrected chi connectivity index (χ1v) is 7.49. The van der Waals surface area contributed by atoms with E-state index >= 15 is 0 Å². The zero-order valence-electron chi connectivity index (χ0n) is 13.1. The van der Waals surface area contributed by atoms with Crippen molar-refractivity contribution in [1.82, 2.24) is 4.90 Å². The van der Waals surface area contributed by atoms with Crippen LogP contribution >= 0.6 is 11.6 Å². The number of carbonyl (C=O) groups is 2. The molecule has 0 spiro atoms. The number of rotatable bonds is 6. The van der Waals surface area contributed by atoms with Crippen molar-refractivity contribution in [3.63, 3.8) is 0 Å². The summed E-state index contributed by atoms with van der Waals surface area (Å²) in [6, 6.07) is 7.20. The average Bonchev–Trinajstić information content (AvgIpc) is 2.35. The molecular weight excluding hydrogens is 306 g/mol. The fraction of sp³-hybridized carbons (Fsp3) is 0.500. The Morgan fingerprint density at radius 3 is 2.55 bits per heavy atom. The number of aliphatic carboxylic acids is 1. The van der Waals surface area contributed by atoms with Gasteiger partial charge in [-0.3, -0.25) is 4.79 Å². The van der Waals surface area contributed by atoms with Crippen molar-refractivity contribution < 1.29 is 19.4 Å². The highest BCUT2D eigenvalue weighted by Gasteiger charge is 2.22. The van der Waals surface area contributed by atoms with E-state index < -0.39 is 17.7 Å². The van der Waals surface area contributed by atoms with Crippen LogP contribution in [0.15, 0.2) is 24.3 Å². The molecule has 0 unspecified atom stereocenters. The quantitative estimate of drug-likeness (QED) is 0.859. The van der Waals surface area contributed by atoms with Crippen molar-refractivity contribution in [1.29, 1.82) is 0 Å².